The first-order valence-electron chi connectivity index (χ1n) is 4.46. The normalized spacial score (nSPS) is 10.4. The molecule has 0 saturated heterocycles. The minimum atomic E-state index is -1.13. The molecule has 0 aliphatic heterocycles. The minimum Gasteiger partial charge on any atom is -0.477 e. The van der Waals surface area contributed by atoms with E-state index in [0.717, 1.165) is 4.68 Å². The van der Waals surface area contributed by atoms with E-state index in [-0.39, 0.29) is 22.9 Å². The molecule has 0 fully saturated rings. The number of hydrogen-bond donors (Lipinski definition) is 2. The van der Waals surface area contributed by atoms with Crippen LogP contribution in [0.4, 0.5) is 5.82 Å². The van der Waals surface area contributed by atoms with Crippen molar-refractivity contribution in [3.8, 4) is 11.4 Å². The fraction of sp³-hybridized carbons (Fsp3) is 0.125. The third kappa shape index (κ3) is 1.85. The van der Waals surface area contributed by atoms with Gasteiger partial charge in [0.1, 0.15) is 17.1 Å². The number of carboxylic acid groups (broad SMARTS) is 1. The molecule has 88 valence electrons. The van der Waals surface area contributed by atoms with Gasteiger partial charge < -0.3 is 15.2 Å². The molecule has 0 atom stereocenters. The molecule has 0 saturated carbocycles. The highest BCUT2D eigenvalue weighted by Crippen LogP contribution is 2.20. The Morgan fingerprint density at radius 3 is 2.71 bits per heavy atom. The highest BCUT2D eigenvalue weighted by molar-refractivity contribution is 5.87. The van der Waals surface area contributed by atoms with Gasteiger partial charge in [-0.3, -0.25) is 4.68 Å². The molecule has 9 nitrogen and oxygen atoms in total. The second-order valence-corrected chi connectivity index (χ2v) is 3.24. The Kier molecular flexibility index (Phi) is 2.35. The molecule has 0 unspecified atom stereocenters. The minimum absolute atomic E-state index is 0.0225. The van der Waals surface area contributed by atoms with Gasteiger partial charge >= 0.3 is 11.8 Å². The van der Waals surface area contributed by atoms with Gasteiger partial charge in [0.25, 0.3) is 0 Å². The van der Waals surface area contributed by atoms with Crippen LogP contribution >= 0.6 is 0 Å². The monoisotopic (exact) mass is 237 g/mol. The van der Waals surface area contributed by atoms with Gasteiger partial charge in [0, 0.05) is 13.1 Å². The maximum absolute atomic E-state index is 10.8. The predicted octanol–water partition coefficient (Wildman–Crippen LogP) is 0.417. The number of nitro groups is 1. The summed E-state index contributed by atoms with van der Waals surface area (Å²) in [6, 6.07) is 2.48. The molecular formula is C8H7N5O4. The lowest BCUT2D eigenvalue weighted by Crippen LogP contribution is -2.04. The van der Waals surface area contributed by atoms with Crippen LogP contribution in [-0.4, -0.2) is 36.0 Å². The zero-order valence-corrected chi connectivity index (χ0v) is 8.62. The second-order valence-electron chi connectivity index (χ2n) is 3.24. The number of aromatic carboxylic acids is 1. The van der Waals surface area contributed by atoms with Gasteiger partial charge in [-0.2, -0.15) is 5.10 Å². The summed E-state index contributed by atoms with van der Waals surface area (Å²) in [5.74, 6) is -1.40. The van der Waals surface area contributed by atoms with Crippen LogP contribution < -0.4 is 0 Å². The fourth-order valence-corrected chi connectivity index (χ4v) is 1.33. The number of aromatic nitrogens is 4. The lowest BCUT2D eigenvalue weighted by Gasteiger charge is -1.91. The zero-order valence-electron chi connectivity index (χ0n) is 8.62. The van der Waals surface area contributed by atoms with Crippen molar-refractivity contribution >= 4 is 11.8 Å². The maximum Gasteiger partial charge on any atom is 0.354 e. The van der Waals surface area contributed by atoms with E-state index in [4.69, 9.17) is 5.11 Å². The Morgan fingerprint density at radius 2 is 2.24 bits per heavy atom. The number of aryl methyl sites for hydroxylation is 1. The van der Waals surface area contributed by atoms with E-state index in [2.05, 4.69) is 15.3 Å². The van der Waals surface area contributed by atoms with Crippen LogP contribution in [0.3, 0.4) is 0 Å². The first-order chi connectivity index (χ1) is 7.99. The summed E-state index contributed by atoms with van der Waals surface area (Å²) in [4.78, 5) is 20.6. The number of rotatable bonds is 3. The number of nitrogens with zero attached hydrogens (tertiary/aromatic N) is 4. The van der Waals surface area contributed by atoms with E-state index in [1.54, 1.807) is 0 Å². The molecule has 0 bridgehead atoms. The summed E-state index contributed by atoms with van der Waals surface area (Å²) in [6.45, 7) is 0. The SMILES string of the molecule is Cn1nc(-c2cc([N+](=O)[O-])[nH]n2)cc1C(=O)O. The third-order valence-electron chi connectivity index (χ3n) is 2.12. The fourth-order valence-electron chi connectivity index (χ4n) is 1.33. The van der Waals surface area contributed by atoms with Crippen molar-refractivity contribution in [1.29, 1.82) is 0 Å². The summed E-state index contributed by atoms with van der Waals surface area (Å²) in [7, 11) is 1.47. The third-order valence-corrected chi connectivity index (χ3v) is 2.12. The van der Waals surface area contributed by atoms with Crippen LogP contribution in [-0.2, 0) is 7.05 Å². The molecule has 2 rings (SSSR count). The number of carbonyl (C=O) groups is 1. The quantitative estimate of drug-likeness (QED) is 0.588. The second kappa shape index (κ2) is 3.70. The summed E-state index contributed by atoms with van der Waals surface area (Å²) in [5.41, 5.74) is 0.458. The molecule has 2 aromatic heterocycles. The smallest absolute Gasteiger partial charge is 0.354 e. The molecular weight excluding hydrogens is 230 g/mol. The topological polar surface area (TPSA) is 127 Å². The Labute approximate surface area is 93.8 Å². The van der Waals surface area contributed by atoms with Crippen molar-refractivity contribution in [3.05, 3.63) is 27.9 Å². The predicted molar refractivity (Wildman–Crippen MR) is 54.4 cm³/mol. The van der Waals surface area contributed by atoms with E-state index >= 15 is 0 Å². The first-order valence-corrected chi connectivity index (χ1v) is 4.46. The largest absolute Gasteiger partial charge is 0.477 e. The van der Waals surface area contributed by atoms with Gasteiger partial charge in [-0.25, -0.2) is 4.79 Å². The average molecular weight is 237 g/mol. The van der Waals surface area contributed by atoms with Crippen molar-refractivity contribution in [3.63, 3.8) is 0 Å². The van der Waals surface area contributed by atoms with Crippen molar-refractivity contribution < 1.29 is 14.8 Å². The number of hydrogen-bond acceptors (Lipinski definition) is 5. The van der Waals surface area contributed by atoms with Crippen molar-refractivity contribution in [2.24, 2.45) is 7.05 Å². The van der Waals surface area contributed by atoms with Crippen molar-refractivity contribution in [2.45, 2.75) is 0 Å². The number of nitrogens with one attached hydrogen (secondary N) is 1. The zero-order chi connectivity index (χ0) is 12.6. The maximum atomic E-state index is 10.8. The van der Waals surface area contributed by atoms with E-state index in [1.165, 1.54) is 19.2 Å². The van der Waals surface area contributed by atoms with E-state index in [1.807, 2.05) is 0 Å². The highest BCUT2D eigenvalue weighted by atomic mass is 16.6. The van der Waals surface area contributed by atoms with Crippen LogP contribution in [0, 0.1) is 10.1 Å². The first kappa shape index (κ1) is 10.8. The van der Waals surface area contributed by atoms with E-state index in [9.17, 15) is 14.9 Å². The molecule has 0 radical (unpaired) electrons. The van der Waals surface area contributed by atoms with Crippen LogP contribution in [0.15, 0.2) is 12.1 Å². The number of carboxylic acids is 1. The molecule has 2 N–H and O–H groups in total. The average Bonchev–Trinajstić information content (AvgIpc) is 2.82. The lowest BCUT2D eigenvalue weighted by molar-refractivity contribution is -0.389. The van der Waals surface area contributed by atoms with Gasteiger partial charge in [-0.05, 0) is 4.92 Å². The van der Waals surface area contributed by atoms with Gasteiger partial charge in [-0.1, -0.05) is 5.10 Å². The summed E-state index contributed by atoms with van der Waals surface area (Å²) in [6.07, 6.45) is 0. The number of aromatic amines is 1. The lowest BCUT2D eigenvalue weighted by atomic mass is 10.3. The Morgan fingerprint density at radius 1 is 1.53 bits per heavy atom. The van der Waals surface area contributed by atoms with Crippen LogP contribution in [0.1, 0.15) is 10.5 Å². The van der Waals surface area contributed by atoms with Crippen LogP contribution in [0.5, 0.6) is 0 Å². The molecule has 2 aromatic rings. The van der Waals surface area contributed by atoms with Gasteiger partial charge in [-0.15, -0.1) is 5.10 Å². The Bertz CT molecular complexity index is 599. The molecule has 0 spiro atoms. The summed E-state index contributed by atoms with van der Waals surface area (Å²) in [5, 5.41) is 29.1. The van der Waals surface area contributed by atoms with E-state index < -0.39 is 10.9 Å². The standard InChI is InChI=1S/C8H7N5O4/c1-12-6(8(14)15)2-5(11-12)4-3-7(10-9-4)13(16)17/h2-3H,1H3,(H,9,10)(H,14,15). The van der Waals surface area contributed by atoms with Crippen LogP contribution in [0.25, 0.3) is 11.4 Å². The van der Waals surface area contributed by atoms with Crippen LogP contribution in [0.2, 0.25) is 0 Å². The molecule has 0 aliphatic carbocycles. The van der Waals surface area contributed by atoms with E-state index in [0.29, 0.717) is 0 Å². The molecule has 9 heteroatoms. The molecule has 0 aliphatic rings. The molecule has 2 heterocycles. The highest BCUT2D eigenvalue weighted by Gasteiger charge is 2.17. The summed E-state index contributed by atoms with van der Waals surface area (Å²) < 4.78 is 1.16. The van der Waals surface area contributed by atoms with Crippen molar-refractivity contribution in [1.82, 2.24) is 20.0 Å². The van der Waals surface area contributed by atoms with Gasteiger partial charge in [0.05, 0.1) is 6.07 Å². The molecule has 0 aromatic carbocycles. The molecule has 17 heavy (non-hydrogen) atoms. The Hall–Kier alpha value is -2.71. The van der Waals surface area contributed by atoms with Crippen molar-refractivity contribution in [2.75, 3.05) is 0 Å². The Balaban J connectivity index is 2.42. The summed E-state index contributed by atoms with van der Waals surface area (Å²) >= 11 is 0. The number of H-pyrrole nitrogens is 1. The van der Waals surface area contributed by atoms with Gasteiger partial charge in [0.15, 0.2) is 0 Å². The molecule has 0 amide bonds. The van der Waals surface area contributed by atoms with Gasteiger partial charge in [0.2, 0.25) is 0 Å².